The molecule has 0 aliphatic rings. The Morgan fingerprint density at radius 2 is 1.86 bits per heavy atom. The second-order valence-electron chi connectivity index (χ2n) is 5.84. The molecule has 2 amide bonds. The fraction of sp³-hybridized carbons (Fsp3) is 0.500. The summed E-state index contributed by atoms with van der Waals surface area (Å²) in [7, 11) is 1.56. The van der Waals surface area contributed by atoms with Crippen molar-refractivity contribution in [3.8, 4) is 5.75 Å². The van der Waals surface area contributed by atoms with E-state index in [1.165, 1.54) is 6.92 Å². The number of benzene rings is 1. The first-order chi connectivity index (χ1) is 9.75. The lowest BCUT2D eigenvalue weighted by molar-refractivity contribution is -0.134. The number of para-hydroxylation sites is 2. The monoisotopic (exact) mass is 292 g/mol. The summed E-state index contributed by atoms with van der Waals surface area (Å²) in [6.07, 6.45) is 0.245. The SMILES string of the molecule is COc1ccccc1NC(=O)CCN(C(C)=O)C(C)(C)C. The number of anilines is 1. The van der Waals surface area contributed by atoms with Crippen LogP contribution >= 0.6 is 0 Å². The molecule has 0 saturated carbocycles. The second kappa shape index (κ2) is 7.11. The molecule has 116 valence electrons. The minimum atomic E-state index is -0.295. The summed E-state index contributed by atoms with van der Waals surface area (Å²) in [4.78, 5) is 25.4. The van der Waals surface area contributed by atoms with Crippen LogP contribution < -0.4 is 10.1 Å². The van der Waals surface area contributed by atoms with Crippen LogP contribution in [-0.2, 0) is 9.59 Å². The highest BCUT2D eigenvalue weighted by Crippen LogP contribution is 2.23. The van der Waals surface area contributed by atoms with Crippen LogP contribution in [0.2, 0.25) is 0 Å². The standard InChI is InChI=1S/C16H24N2O3/c1-12(19)18(16(2,3)4)11-10-15(20)17-13-8-6-7-9-14(13)21-5/h6-9H,10-11H2,1-5H3,(H,17,20). The molecule has 5 nitrogen and oxygen atoms in total. The number of hydrogen-bond acceptors (Lipinski definition) is 3. The van der Waals surface area contributed by atoms with E-state index >= 15 is 0 Å². The lowest BCUT2D eigenvalue weighted by atomic mass is 10.1. The molecule has 0 aliphatic carbocycles. The molecule has 5 heteroatoms. The third kappa shape index (κ3) is 5.10. The molecule has 0 bridgehead atoms. The first-order valence-corrected chi connectivity index (χ1v) is 6.96. The number of carbonyl (C=O) groups excluding carboxylic acids is 2. The zero-order valence-corrected chi connectivity index (χ0v) is 13.4. The van der Waals surface area contributed by atoms with Crippen molar-refractivity contribution in [3.05, 3.63) is 24.3 Å². The van der Waals surface area contributed by atoms with E-state index in [0.29, 0.717) is 18.0 Å². The van der Waals surface area contributed by atoms with E-state index in [0.717, 1.165) is 0 Å². The smallest absolute Gasteiger partial charge is 0.226 e. The van der Waals surface area contributed by atoms with Gasteiger partial charge in [-0.3, -0.25) is 9.59 Å². The molecule has 1 N–H and O–H groups in total. The lowest BCUT2D eigenvalue weighted by Crippen LogP contribution is -2.45. The Bertz CT molecular complexity index is 506. The third-order valence-corrected chi connectivity index (χ3v) is 3.13. The summed E-state index contributed by atoms with van der Waals surface area (Å²) in [5, 5.41) is 2.81. The normalized spacial score (nSPS) is 10.9. The molecule has 0 aliphatic heterocycles. The summed E-state index contributed by atoms with van der Waals surface area (Å²) >= 11 is 0. The van der Waals surface area contributed by atoms with Crippen molar-refractivity contribution in [2.45, 2.75) is 39.7 Å². The Balaban J connectivity index is 2.64. The van der Waals surface area contributed by atoms with Crippen molar-refractivity contribution < 1.29 is 14.3 Å². The number of amides is 2. The maximum Gasteiger partial charge on any atom is 0.226 e. The van der Waals surface area contributed by atoms with E-state index in [-0.39, 0.29) is 23.8 Å². The molecule has 0 unspecified atom stereocenters. The summed E-state index contributed by atoms with van der Waals surface area (Å²) in [6.45, 7) is 7.76. The van der Waals surface area contributed by atoms with Gasteiger partial charge in [-0.2, -0.15) is 0 Å². The zero-order valence-electron chi connectivity index (χ0n) is 13.4. The first-order valence-electron chi connectivity index (χ1n) is 6.96. The number of methoxy groups -OCH3 is 1. The van der Waals surface area contributed by atoms with E-state index < -0.39 is 0 Å². The van der Waals surface area contributed by atoms with Gasteiger partial charge in [-0.15, -0.1) is 0 Å². The van der Waals surface area contributed by atoms with Crippen LogP contribution in [0.4, 0.5) is 5.69 Å². The molecule has 0 saturated heterocycles. The second-order valence-corrected chi connectivity index (χ2v) is 5.84. The number of carbonyl (C=O) groups is 2. The van der Waals surface area contributed by atoms with E-state index in [2.05, 4.69) is 5.32 Å². The average molecular weight is 292 g/mol. The quantitative estimate of drug-likeness (QED) is 0.907. The van der Waals surface area contributed by atoms with E-state index in [4.69, 9.17) is 4.74 Å². The van der Waals surface area contributed by atoms with Gasteiger partial charge in [0, 0.05) is 25.4 Å². The highest BCUT2D eigenvalue weighted by atomic mass is 16.5. The number of ether oxygens (including phenoxy) is 1. The zero-order chi connectivity index (χ0) is 16.0. The molecule has 0 atom stereocenters. The maximum absolute atomic E-state index is 12.0. The van der Waals surface area contributed by atoms with Crippen LogP contribution in [0.3, 0.4) is 0 Å². The fourth-order valence-corrected chi connectivity index (χ4v) is 2.14. The largest absolute Gasteiger partial charge is 0.495 e. The van der Waals surface area contributed by atoms with Gasteiger partial charge in [0.15, 0.2) is 0 Å². The van der Waals surface area contributed by atoms with Gasteiger partial charge >= 0.3 is 0 Å². The van der Waals surface area contributed by atoms with Gasteiger partial charge in [-0.05, 0) is 32.9 Å². The molecule has 1 aromatic carbocycles. The van der Waals surface area contributed by atoms with Crippen LogP contribution in [0.25, 0.3) is 0 Å². The first kappa shape index (κ1) is 17.0. The predicted octanol–water partition coefficient (Wildman–Crippen LogP) is 2.67. The van der Waals surface area contributed by atoms with Crippen molar-refractivity contribution in [3.63, 3.8) is 0 Å². The van der Waals surface area contributed by atoms with Crippen LogP contribution in [0.5, 0.6) is 5.75 Å². The van der Waals surface area contributed by atoms with Crippen molar-refractivity contribution in [2.24, 2.45) is 0 Å². The van der Waals surface area contributed by atoms with Crippen LogP contribution in [0, 0.1) is 0 Å². The molecule has 1 rings (SSSR count). The van der Waals surface area contributed by atoms with Crippen LogP contribution in [0.15, 0.2) is 24.3 Å². The van der Waals surface area contributed by atoms with Crippen molar-refractivity contribution >= 4 is 17.5 Å². The van der Waals surface area contributed by atoms with Crippen molar-refractivity contribution in [1.82, 2.24) is 4.90 Å². The summed E-state index contributed by atoms with van der Waals surface area (Å²) < 4.78 is 5.19. The minimum Gasteiger partial charge on any atom is -0.495 e. The Labute approximate surface area is 126 Å². The third-order valence-electron chi connectivity index (χ3n) is 3.13. The van der Waals surface area contributed by atoms with Crippen LogP contribution in [-0.4, -0.2) is 35.9 Å². The van der Waals surface area contributed by atoms with E-state index in [1.807, 2.05) is 32.9 Å². The number of nitrogens with one attached hydrogen (secondary N) is 1. The molecule has 1 aromatic rings. The van der Waals surface area contributed by atoms with Gasteiger partial charge in [0.2, 0.25) is 11.8 Å². The van der Waals surface area contributed by atoms with Gasteiger partial charge in [0.1, 0.15) is 5.75 Å². The molecule has 0 spiro atoms. The van der Waals surface area contributed by atoms with E-state index in [1.54, 1.807) is 24.1 Å². The molecule has 0 fully saturated rings. The Morgan fingerprint density at radius 3 is 2.38 bits per heavy atom. The van der Waals surface area contributed by atoms with Gasteiger partial charge in [-0.25, -0.2) is 0 Å². The highest BCUT2D eigenvalue weighted by Gasteiger charge is 2.24. The molecule has 21 heavy (non-hydrogen) atoms. The Morgan fingerprint density at radius 1 is 1.24 bits per heavy atom. The minimum absolute atomic E-state index is 0.0346. The molecule has 0 aromatic heterocycles. The molecule has 0 heterocycles. The summed E-state index contributed by atoms with van der Waals surface area (Å²) in [5.41, 5.74) is 0.339. The average Bonchev–Trinajstić information content (AvgIpc) is 2.37. The molecule has 0 radical (unpaired) electrons. The van der Waals surface area contributed by atoms with Gasteiger partial charge < -0.3 is 15.0 Å². The fourth-order valence-electron chi connectivity index (χ4n) is 2.14. The summed E-state index contributed by atoms with van der Waals surface area (Å²) in [6, 6.07) is 7.23. The Hall–Kier alpha value is -2.04. The number of hydrogen-bond donors (Lipinski definition) is 1. The van der Waals surface area contributed by atoms with Crippen molar-refractivity contribution in [2.75, 3.05) is 19.0 Å². The lowest BCUT2D eigenvalue weighted by Gasteiger charge is -2.34. The summed E-state index contributed by atoms with van der Waals surface area (Å²) in [5.74, 6) is 0.438. The number of nitrogens with zero attached hydrogens (tertiary/aromatic N) is 1. The Kier molecular flexibility index (Phi) is 5.76. The molecular formula is C16H24N2O3. The topological polar surface area (TPSA) is 58.6 Å². The maximum atomic E-state index is 12.0. The van der Waals surface area contributed by atoms with Crippen LogP contribution in [0.1, 0.15) is 34.1 Å². The number of rotatable bonds is 5. The van der Waals surface area contributed by atoms with Gasteiger partial charge in [0.05, 0.1) is 12.8 Å². The van der Waals surface area contributed by atoms with Gasteiger partial charge in [0.25, 0.3) is 0 Å². The highest BCUT2D eigenvalue weighted by molar-refractivity contribution is 5.92. The molecular weight excluding hydrogens is 268 g/mol. The van der Waals surface area contributed by atoms with Crippen molar-refractivity contribution in [1.29, 1.82) is 0 Å². The predicted molar refractivity (Wildman–Crippen MR) is 83.4 cm³/mol. The van der Waals surface area contributed by atoms with Gasteiger partial charge in [-0.1, -0.05) is 12.1 Å². The van der Waals surface area contributed by atoms with E-state index in [9.17, 15) is 9.59 Å².